The van der Waals surface area contributed by atoms with Gasteiger partial charge >= 0.3 is 11.9 Å². The van der Waals surface area contributed by atoms with Crippen LogP contribution in [0.5, 0.6) is 0 Å². The molecule has 3 rings (SSSR count). The van der Waals surface area contributed by atoms with E-state index in [1.54, 1.807) is 45.8 Å². The van der Waals surface area contributed by atoms with Crippen LogP contribution in [0, 0.1) is 11.3 Å². The first-order chi connectivity index (χ1) is 15.6. The highest BCUT2D eigenvalue weighted by Crippen LogP contribution is 2.41. The summed E-state index contributed by atoms with van der Waals surface area (Å²) in [6.07, 6.45) is 6.28. The molecule has 33 heavy (non-hydrogen) atoms. The highest BCUT2D eigenvalue weighted by Gasteiger charge is 2.53. The number of β-lactam (4-membered cyclic amide) rings is 1. The summed E-state index contributed by atoms with van der Waals surface area (Å²) >= 11 is 1.59. The van der Waals surface area contributed by atoms with Gasteiger partial charge in [-0.3, -0.25) is 19.5 Å². The SMILES string of the molecule is CC1=C(C(=O)OCOC(=O)C(C)(C)C)N2C(=O)C(N=CN3CCC(CCCN)CC3)[C@H]2SC1. The van der Waals surface area contributed by atoms with E-state index in [1.165, 1.54) is 11.3 Å². The van der Waals surface area contributed by atoms with Crippen molar-refractivity contribution in [2.45, 2.75) is 64.8 Å². The average Bonchev–Trinajstić information content (AvgIpc) is 2.77. The molecule has 0 aromatic carbocycles. The number of hydrogen-bond donors (Lipinski definition) is 1. The van der Waals surface area contributed by atoms with E-state index in [9.17, 15) is 14.4 Å². The van der Waals surface area contributed by atoms with Gasteiger partial charge in [-0.1, -0.05) is 0 Å². The number of piperidine rings is 1. The highest BCUT2D eigenvalue weighted by atomic mass is 32.2. The number of rotatable bonds is 8. The lowest BCUT2D eigenvalue weighted by molar-refractivity contribution is -0.173. The quantitative estimate of drug-likeness (QED) is 0.185. The van der Waals surface area contributed by atoms with Gasteiger partial charge in [0.25, 0.3) is 5.91 Å². The Morgan fingerprint density at radius 3 is 2.58 bits per heavy atom. The van der Waals surface area contributed by atoms with Crippen molar-refractivity contribution >= 4 is 35.9 Å². The second-order valence-electron chi connectivity index (χ2n) is 9.89. The van der Waals surface area contributed by atoms with Gasteiger partial charge in [0, 0.05) is 18.8 Å². The van der Waals surface area contributed by atoms with Gasteiger partial charge in [-0.05, 0) is 71.4 Å². The number of likely N-dealkylation sites (tertiary alicyclic amines) is 1. The number of aliphatic imine (C=N–C) groups is 1. The summed E-state index contributed by atoms with van der Waals surface area (Å²) < 4.78 is 10.2. The molecule has 2 N–H and O–H groups in total. The lowest BCUT2D eigenvalue weighted by atomic mass is 9.92. The molecule has 0 aromatic rings. The zero-order chi connectivity index (χ0) is 24.2. The fourth-order valence-corrected chi connectivity index (χ4v) is 5.38. The van der Waals surface area contributed by atoms with Crippen molar-refractivity contribution in [2.24, 2.45) is 22.1 Å². The summed E-state index contributed by atoms with van der Waals surface area (Å²) in [6.45, 7) is 9.10. The van der Waals surface area contributed by atoms with Crippen molar-refractivity contribution < 1.29 is 23.9 Å². The minimum atomic E-state index is -0.688. The fraction of sp³-hybridized carbons (Fsp3) is 0.739. The molecule has 1 amide bonds. The van der Waals surface area contributed by atoms with Crippen LogP contribution in [0.4, 0.5) is 0 Å². The molecule has 1 unspecified atom stereocenters. The number of carbonyl (C=O) groups excluding carboxylic acids is 3. The van der Waals surface area contributed by atoms with Crippen LogP contribution in [0.15, 0.2) is 16.3 Å². The maximum atomic E-state index is 12.9. The standard InChI is InChI=1S/C23H36N4O5S/c1-15-12-33-20-17(25-13-26-10-7-16(8-11-26)6-5-9-24)19(28)27(20)18(15)21(29)31-14-32-22(30)23(2,3)4/h13,16-17,20H,5-12,14,24H2,1-4H3/t17?,20-/m1/s1. The Morgan fingerprint density at radius 2 is 1.94 bits per heavy atom. The fourth-order valence-electron chi connectivity index (χ4n) is 4.10. The van der Waals surface area contributed by atoms with Crippen LogP contribution < -0.4 is 5.73 Å². The molecular weight excluding hydrogens is 444 g/mol. The molecule has 0 aromatic heterocycles. The largest absolute Gasteiger partial charge is 0.427 e. The van der Waals surface area contributed by atoms with Crippen molar-refractivity contribution in [1.82, 2.24) is 9.80 Å². The van der Waals surface area contributed by atoms with E-state index in [1.807, 2.05) is 0 Å². The topological polar surface area (TPSA) is 115 Å². The first kappa shape index (κ1) is 25.6. The van der Waals surface area contributed by atoms with Crippen LogP contribution in [-0.4, -0.2) is 77.6 Å². The molecule has 184 valence electrons. The first-order valence-corrected chi connectivity index (χ1v) is 12.6. The van der Waals surface area contributed by atoms with Crippen LogP contribution >= 0.6 is 11.8 Å². The molecule has 0 radical (unpaired) electrons. The Labute approximate surface area is 200 Å². The normalized spacial score (nSPS) is 24.1. The number of carbonyl (C=O) groups is 3. The summed E-state index contributed by atoms with van der Waals surface area (Å²) in [6, 6.07) is -0.500. The van der Waals surface area contributed by atoms with Gasteiger partial charge in [0.2, 0.25) is 6.79 Å². The van der Waals surface area contributed by atoms with Crippen molar-refractivity contribution in [1.29, 1.82) is 0 Å². The van der Waals surface area contributed by atoms with Crippen molar-refractivity contribution in [3.05, 3.63) is 11.3 Å². The van der Waals surface area contributed by atoms with Gasteiger partial charge in [-0.25, -0.2) is 4.79 Å². The van der Waals surface area contributed by atoms with Gasteiger partial charge in [0.1, 0.15) is 11.1 Å². The highest BCUT2D eigenvalue weighted by molar-refractivity contribution is 8.00. The molecule has 0 bridgehead atoms. The Kier molecular flexibility index (Phi) is 8.44. The molecule has 2 saturated heterocycles. The third-order valence-electron chi connectivity index (χ3n) is 6.17. The van der Waals surface area contributed by atoms with Gasteiger partial charge in [0.05, 0.1) is 11.8 Å². The second kappa shape index (κ2) is 10.9. The third-order valence-corrected chi connectivity index (χ3v) is 7.58. The van der Waals surface area contributed by atoms with E-state index >= 15 is 0 Å². The van der Waals surface area contributed by atoms with Gasteiger partial charge in [-0.2, -0.15) is 0 Å². The van der Waals surface area contributed by atoms with E-state index < -0.39 is 30.2 Å². The van der Waals surface area contributed by atoms with E-state index in [-0.39, 0.29) is 17.0 Å². The second-order valence-corrected chi connectivity index (χ2v) is 11.0. The molecule has 3 aliphatic rings. The van der Waals surface area contributed by atoms with Crippen molar-refractivity contribution in [2.75, 3.05) is 32.2 Å². The molecular formula is C23H36N4O5S. The third kappa shape index (κ3) is 6.09. The monoisotopic (exact) mass is 480 g/mol. The molecule has 0 saturated carbocycles. The number of esters is 2. The minimum Gasteiger partial charge on any atom is -0.427 e. The van der Waals surface area contributed by atoms with Crippen LogP contribution in [0.2, 0.25) is 0 Å². The first-order valence-electron chi connectivity index (χ1n) is 11.6. The van der Waals surface area contributed by atoms with Gasteiger partial charge in [0.15, 0.2) is 6.04 Å². The Hall–Kier alpha value is -2.07. The van der Waals surface area contributed by atoms with Crippen LogP contribution in [0.1, 0.15) is 53.4 Å². The number of amides is 1. The van der Waals surface area contributed by atoms with Crippen LogP contribution in [0.3, 0.4) is 0 Å². The van der Waals surface area contributed by atoms with Crippen molar-refractivity contribution in [3.63, 3.8) is 0 Å². The summed E-state index contributed by atoms with van der Waals surface area (Å²) in [4.78, 5) is 45.6. The summed E-state index contributed by atoms with van der Waals surface area (Å²) in [5.41, 5.74) is 5.92. The molecule has 2 atom stereocenters. The lowest BCUT2D eigenvalue weighted by Gasteiger charge is -2.47. The Morgan fingerprint density at radius 1 is 1.24 bits per heavy atom. The summed E-state index contributed by atoms with van der Waals surface area (Å²) in [7, 11) is 0. The van der Waals surface area contributed by atoms with E-state index in [0.717, 1.165) is 50.4 Å². The zero-order valence-corrected chi connectivity index (χ0v) is 20.9. The van der Waals surface area contributed by atoms with Gasteiger partial charge in [-0.15, -0.1) is 11.8 Å². The molecule has 3 aliphatic heterocycles. The van der Waals surface area contributed by atoms with E-state index in [2.05, 4.69) is 9.89 Å². The molecule has 9 nitrogen and oxygen atoms in total. The smallest absolute Gasteiger partial charge is 0.357 e. The number of nitrogens with two attached hydrogens (primary N) is 1. The summed E-state index contributed by atoms with van der Waals surface area (Å²) in [5, 5.41) is -0.223. The molecule has 2 fully saturated rings. The average molecular weight is 481 g/mol. The van der Waals surface area contributed by atoms with Crippen molar-refractivity contribution in [3.8, 4) is 0 Å². The van der Waals surface area contributed by atoms with Crippen LogP contribution in [-0.2, 0) is 23.9 Å². The Balaban J connectivity index is 1.52. The molecule has 3 heterocycles. The van der Waals surface area contributed by atoms with E-state index in [0.29, 0.717) is 5.75 Å². The Bertz CT molecular complexity index is 814. The lowest BCUT2D eigenvalue weighted by Crippen LogP contribution is -2.64. The number of fused-ring (bicyclic) bond motifs is 1. The number of thioether (sulfide) groups is 1. The number of hydrogen-bond acceptors (Lipinski definition) is 8. The number of ether oxygens (including phenoxy) is 2. The summed E-state index contributed by atoms with van der Waals surface area (Å²) in [5.74, 6) is 0.00136. The minimum absolute atomic E-state index is 0.209. The molecule has 0 aliphatic carbocycles. The predicted molar refractivity (Wildman–Crippen MR) is 127 cm³/mol. The number of nitrogens with zero attached hydrogens (tertiary/aromatic N) is 3. The predicted octanol–water partition coefficient (Wildman–Crippen LogP) is 2.11. The zero-order valence-electron chi connectivity index (χ0n) is 20.0. The van der Waals surface area contributed by atoms with Gasteiger partial charge < -0.3 is 20.1 Å². The molecule has 10 heteroatoms. The van der Waals surface area contributed by atoms with Crippen LogP contribution in [0.25, 0.3) is 0 Å². The molecule has 0 spiro atoms. The maximum absolute atomic E-state index is 12.9. The van der Waals surface area contributed by atoms with E-state index in [4.69, 9.17) is 15.2 Å². The maximum Gasteiger partial charge on any atom is 0.357 e.